The summed E-state index contributed by atoms with van der Waals surface area (Å²) in [4.78, 5) is 12.2. The SMILES string of the molecule is COCCn1cnnc1[C@H](C)NC(=O)c1cc(C(C)C)no1. The van der Waals surface area contributed by atoms with Crippen molar-refractivity contribution in [2.45, 2.75) is 39.3 Å². The van der Waals surface area contributed by atoms with Gasteiger partial charge < -0.3 is 19.1 Å². The summed E-state index contributed by atoms with van der Waals surface area (Å²) in [6.45, 7) is 6.98. The standard InChI is InChI=1S/C14H21N5O3/c1-9(2)11-7-12(22-18-11)14(20)16-10(3)13-17-15-8-19(13)5-6-21-4/h7-10H,5-6H2,1-4H3,(H,16,20)/t10-/m0/s1. The molecule has 0 aromatic carbocycles. The normalized spacial score (nSPS) is 12.6. The van der Waals surface area contributed by atoms with E-state index in [9.17, 15) is 4.79 Å². The lowest BCUT2D eigenvalue weighted by molar-refractivity contribution is 0.0899. The van der Waals surface area contributed by atoms with Crippen LogP contribution in [-0.4, -0.2) is 39.5 Å². The maximum atomic E-state index is 12.2. The highest BCUT2D eigenvalue weighted by atomic mass is 16.5. The fourth-order valence-corrected chi connectivity index (χ4v) is 1.96. The molecule has 0 fully saturated rings. The molecular formula is C14H21N5O3. The summed E-state index contributed by atoms with van der Waals surface area (Å²) in [7, 11) is 1.63. The van der Waals surface area contributed by atoms with Crippen molar-refractivity contribution in [1.29, 1.82) is 0 Å². The zero-order valence-corrected chi connectivity index (χ0v) is 13.2. The van der Waals surface area contributed by atoms with E-state index in [2.05, 4.69) is 20.7 Å². The zero-order chi connectivity index (χ0) is 16.1. The molecular weight excluding hydrogens is 286 g/mol. The quantitative estimate of drug-likeness (QED) is 0.833. The minimum atomic E-state index is -0.326. The van der Waals surface area contributed by atoms with Crippen LogP contribution in [0.5, 0.6) is 0 Å². The minimum Gasteiger partial charge on any atom is -0.383 e. The molecule has 0 unspecified atom stereocenters. The molecule has 1 amide bonds. The van der Waals surface area contributed by atoms with Gasteiger partial charge in [0.15, 0.2) is 5.82 Å². The molecule has 120 valence electrons. The number of carbonyl (C=O) groups excluding carboxylic acids is 1. The van der Waals surface area contributed by atoms with Gasteiger partial charge in [0.2, 0.25) is 5.76 Å². The lowest BCUT2D eigenvalue weighted by atomic mass is 10.1. The Labute approximate surface area is 128 Å². The van der Waals surface area contributed by atoms with E-state index in [0.717, 1.165) is 5.69 Å². The van der Waals surface area contributed by atoms with E-state index >= 15 is 0 Å². The summed E-state index contributed by atoms with van der Waals surface area (Å²) in [6.07, 6.45) is 1.61. The van der Waals surface area contributed by atoms with Crippen molar-refractivity contribution in [2.24, 2.45) is 0 Å². The van der Waals surface area contributed by atoms with Crippen LogP contribution in [0, 0.1) is 0 Å². The number of hydrogen-bond donors (Lipinski definition) is 1. The van der Waals surface area contributed by atoms with Crippen LogP contribution in [0.3, 0.4) is 0 Å². The lowest BCUT2D eigenvalue weighted by Crippen LogP contribution is -2.28. The molecule has 0 saturated carbocycles. The monoisotopic (exact) mass is 307 g/mol. The summed E-state index contributed by atoms with van der Waals surface area (Å²) in [6, 6.07) is 1.35. The maximum Gasteiger partial charge on any atom is 0.290 e. The van der Waals surface area contributed by atoms with Gasteiger partial charge in [0.25, 0.3) is 5.91 Å². The van der Waals surface area contributed by atoms with E-state index in [1.54, 1.807) is 19.5 Å². The van der Waals surface area contributed by atoms with Gasteiger partial charge in [-0.05, 0) is 12.8 Å². The van der Waals surface area contributed by atoms with E-state index in [1.165, 1.54) is 0 Å². The molecule has 0 aliphatic rings. The number of hydrogen-bond acceptors (Lipinski definition) is 6. The number of nitrogens with zero attached hydrogens (tertiary/aromatic N) is 4. The van der Waals surface area contributed by atoms with Crippen LogP contribution in [0.1, 0.15) is 54.8 Å². The smallest absolute Gasteiger partial charge is 0.290 e. The average molecular weight is 307 g/mol. The van der Waals surface area contributed by atoms with Crippen molar-refractivity contribution in [1.82, 2.24) is 25.2 Å². The summed E-state index contributed by atoms with van der Waals surface area (Å²) in [5, 5.41) is 14.6. The van der Waals surface area contributed by atoms with Crippen LogP contribution in [0.15, 0.2) is 16.9 Å². The van der Waals surface area contributed by atoms with Gasteiger partial charge in [-0.25, -0.2) is 0 Å². The molecule has 1 atom stereocenters. The van der Waals surface area contributed by atoms with Crippen molar-refractivity contribution < 1.29 is 14.1 Å². The highest BCUT2D eigenvalue weighted by Gasteiger charge is 2.20. The molecule has 2 aromatic rings. The van der Waals surface area contributed by atoms with Gasteiger partial charge in [-0.15, -0.1) is 10.2 Å². The second-order valence-electron chi connectivity index (χ2n) is 5.34. The average Bonchev–Trinajstić information content (AvgIpc) is 3.13. The third-order valence-electron chi connectivity index (χ3n) is 3.26. The van der Waals surface area contributed by atoms with Crippen molar-refractivity contribution in [2.75, 3.05) is 13.7 Å². The van der Waals surface area contributed by atoms with Gasteiger partial charge in [0.1, 0.15) is 6.33 Å². The van der Waals surface area contributed by atoms with Gasteiger partial charge in [0, 0.05) is 19.7 Å². The first kappa shape index (κ1) is 16.2. The number of carbonyl (C=O) groups is 1. The van der Waals surface area contributed by atoms with Gasteiger partial charge in [0.05, 0.1) is 18.3 Å². The van der Waals surface area contributed by atoms with Gasteiger partial charge in [-0.1, -0.05) is 19.0 Å². The molecule has 2 rings (SSSR count). The molecule has 0 bridgehead atoms. The first-order chi connectivity index (χ1) is 10.5. The van der Waals surface area contributed by atoms with Crippen LogP contribution in [0.25, 0.3) is 0 Å². The second kappa shape index (κ2) is 7.17. The lowest BCUT2D eigenvalue weighted by Gasteiger charge is -2.13. The van der Waals surface area contributed by atoms with Crippen molar-refractivity contribution >= 4 is 5.91 Å². The Morgan fingerprint density at radius 3 is 2.86 bits per heavy atom. The number of ether oxygens (including phenoxy) is 1. The second-order valence-corrected chi connectivity index (χ2v) is 5.34. The van der Waals surface area contributed by atoms with Gasteiger partial charge >= 0.3 is 0 Å². The third kappa shape index (κ3) is 3.70. The van der Waals surface area contributed by atoms with E-state index in [4.69, 9.17) is 9.26 Å². The van der Waals surface area contributed by atoms with E-state index < -0.39 is 0 Å². The fourth-order valence-electron chi connectivity index (χ4n) is 1.96. The van der Waals surface area contributed by atoms with Crippen LogP contribution in [-0.2, 0) is 11.3 Å². The van der Waals surface area contributed by atoms with Gasteiger partial charge in [-0.3, -0.25) is 4.79 Å². The van der Waals surface area contributed by atoms with E-state index in [-0.39, 0.29) is 23.6 Å². The number of rotatable bonds is 7. The number of methoxy groups -OCH3 is 1. The van der Waals surface area contributed by atoms with E-state index in [1.807, 2.05) is 25.3 Å². The summed E-state index contributed by atoms with van der Waals surface area (Å²) in [5.74, 6) is 0.737. The van der Waals surface area contributed by atoms with Crippen molar-refractivity contribution in [3.05, 3.63) is 29.7 Å². The predicted molar refractivity (Wildman–Crippen MR) is 78.4 cm³/mol. The Balaban J connectivity index is 2.03. The largest absolute Gasteiger partial charge is 0.383 e. The molecule has 2 heterocycles. The number of aromatic nitrogens is 4. The molecule has 0 aliphatic carbocycles. The van der Waals surface area contributed by atoms with Crippen LogP contribution in [0.4, 0.5) is 0 Å². The first-order valence-corrected chi connectivity index (χ1v) is 7.17. The molecule has 22 heavy (non-hydrogen) atoms. The minimum absolute atomic E-state index is 0.193. The number of nitrogens with one attached hydrogen (secondary N) is 1. The molecule has 0 aliphatic heterocycles. The van der Waals surface area contributed by atoms with Gasteiger partial charge in [-0.2, -0.15) is 0 Å². The summed E-state index contributed by atoms with van der Waals surface area (Å²) < 4.78 is 12.0. The Bertz CT molecular complexity index is 620. The number of amides is 1. The highest BCUT2D eigenvalue weighted by molar-refractivity contribution is 5.91. The van der Waals surface area contributed by atoms with Crippen molar-refractivity contribution in [3.8, 4) is 0 Å². The molecule has 0 spiro atoms. The molecule has 2 aromatic heterocycles. The summed E-state index contributed by atoms with van der Waals surface area (Å²) in [5.41, 5.74) is 0.751. The molecule has 8 nitrogen and oxygen atoms in total. The summed E-state index contributed by atoms with van der Waals surface area (Å²) >= 11 is 0. The highest BCUT2D eigenvalue weighted by Crippen LogP contribution is 2.15. The Morgan fingerprint density at radius 2 is 2.23 bits per heavy atom. The molecule has 1 N–H and O–H groups in total. The fraction of sp³-hybridized carbons (Fsp3) is 0.571. The molecule has 8 heteroatoms. The first-order valence-electron chi connectivity index (χ1n) is 7.17. The Kier molecular flexibility index (Phi) is 5.26. The van der Waals surface area contributed by atoms with Crippen LogP contribution < -0.4 is 5.32 Å². The maximum absolute atomic E-state index is 12.2. The molecule has 0 saturated heterocycles. The van der Waals surface area contributed by atoms with Crippen molar-refractivity contribution in [3.63, 3.8) is 0 Å². The molecule has 0 radical (unpaired) electrons. The zero-order valence-electron chi connectivity index (χ0n) is 13.2. The van der Waals surface area contributed by atoms with Crippen LogP contribution >= 0.6 is 0 Å². The predicted octanol–water partition coefficient (Wildman–Crippen LogP) is 1.53. The Morgan fingerprint density at radius 1 is 1.45 bits per heavy atom. The topological polar surface area (TPSA) is 95.1 Å². The van der Waals surface area contributed by atoms with E-state index in [0.29, 0.717) is 19.0 Å². The van der Waals surface area contributed by atoms with Crippen LogP contribution in [0.2, 0.25) is 0 Å². The third-order valence-corrected chi connectivity index (χ3v) is 3.26. The Hall–Kier alpha value is -2.22.